The van der Waals surface area contributed by atoms with Gasteiger partial charge < -0.3 is 20.1 Å². The minimum atomic E-state index is -0.381. The van der Waals surface area contributed by atoms with Crippen molar-refractivity contribution in [2.75, 3.05) is 24.9 Å². The number of hydrogen-bond donors (Lipinski definition) is 2. The minimum Gasteiger partial charge on any atom is -0.493 e. The summed E-state index contributed by atoms with van der Waals surface area (Å²) in [5.41, 5.74) is 2.26. The zero-order chi connectivity index (χ0) is 20.6. The second-order valence-electron chi connectivity index (χ2n) is 5.97. The number of nitrogens with one attached hydrogen (secondary N) is 2. The Hall–Kier alpha value is -4.12. The largest absolute Gasteiger partial charge is 0.493 e. The van der Waals surface area contributed by atoms with Crippen LogP contribution in [0.15, 0.2) is 54.9 Å². The normalized spacial score (nSPS) is 9.97. The monoisotopic (exact) mass is 389 g/mol. The quantitative estimate of drug-likeness (QED) is 0.638. The highest BCUT2D eigenvalue weighted by molar-refractivity contribution is 6.02. The SMILES string of the molecule is COc1ccc(CNc2cnc(C(=O)Nc3ccc(C#N)cc3)cn2)cc1OC. The van der Waals surface area contributed by atoms with Crippen LogP contribution >= 0.6 is 0 Å². The predicted molar refractivity (Wildman–Crippen MR) is 108 cm³/mol. The van der Waals surface area contributed by atoms with Crippen LogP contribution in [0.5, 0.6) is 11.5 Å². The Balaban J connectivity index is 1.59. The summed E-state index contributed by atoms with van der Waals surface area (Å²) in [6.45, 7) is 0.506. The van der Waals surface area contributed by atoms with Crippen LogP contribution in [0, 0.1) is 11.3 Å². The zero-order valence-electron chi connectivity index (χ0n) is 16.0. The van der Waals surface area contributed by atoms with Crippen LogP contribution in [0.3, 0.4) is 0 Å². The van der Waals surface area contributed by atoms with E-state index in [-0.39, 0.29) is 11.6 Å². The Labute approximate surface area is 168 Å². The first kappa shape index (κ1) is 19.6. The molecule has 0 bridgehead atoms. The van der Waals surface area contributed by atoms with Crippen LogP contribution in [0.2, 0.25) is 0 Å². The fourth-order valence-electron chi connectivity index (χ4n) is 2.54. The molecule has 0 saturated carbocycles. The molecular formula is C21H19N5O3. The Morgan fingerprint density at radius 3 is 2.41 bits per heavy atom. The highest BCUT2D eigenvalue weighted by Gasteiger charge is 2.09. The minimum absolute atomic E-state index is 0.186. The van der Waals surface area contributed by atoms with E-state index < -0.39 is 0 Å². The van der Waals surface area contributed by atoms with Gasteiger partial charge in [-0.1, -0.05) is 6.07 Å². The Morgan fingerprint density at radius 1 is 1.03 bits per heavy atom. The highest BCUT2D eigenvalue weighted by Crippen LogP contribution is 2.27. The van der Waals surface area contributed by atoms with Gasteiger partial charge in [0.2, 0.25) is 0 Å². The van der Waals surface area contributed by atoms with Gasteiger partial charge in [0.05, 0.1) is 38.2 Å². The molecule has 3 rings (SSSR count). The number of benzene rings is 2. The van der Waals surface area contributed by atoms with Crippen molar-refractivity contribution in [3.05, 3.63) is 71.7 Å². The maximum atomic E-state index is 12.3. The third kappa shape index (κ3) is 4.99. The van der Waals surface area contributed by atoms with Crippen molar-refractivity contribution >= 4 is 17.4 Å². The second kappa shape index (κ2) is 9.19. The van der Waals surface area contributed by atoms with E-state index in [9.17, 15) is 4.79 Å². The number of methoxy groups -OCH3 is 2. The van der Waals surface area contributed by atoms with E-state index in [0.717, 1.165) is 5.56 Å². The van der Waals surface area contributed by atoms with Crippen molar-refractivity contribution < 1.29 is 14.3 Å². The third-order valence-corrected chi connectivity index (χ3v) is 4.08. The molecule has 1 heterocycles. The summed E-state index contributed by atoms with van der Waals surface area (Å²) in [5, 5.41) is 14.7. The maximum absolute atomic E-state index is 12.3. The lowest BCUT2D eigenvalue weighted by molar-refractivity contribution is 0.102. The van der Waals surface area contributed by atoms with Crippen LogP contribution in [0.25, 0.3) is 0 Å². The highest BCUT2D eigenvalue weighted by atomic mass is 16.5. The number of nitrogens with zero attached hydrogens (tertiary/aromatic N) is 3. The van der Waals surface area contributed by atoms with Gasteiger partial charge in [0.25, 0.3) is 5.91 Å². The molecule has 2 N–H and O–H groups in total. The summed E-state index contributed by atoms with van der Waals surface area (Å²) >= 11 is 0. The van der Waals surface area contributed by atoms with Gasteiger partial charge in [-0.2, -0.15) is 5.26 Å². The van der Waals surface area contributed by atoms with E-state index in [0.29, 0.717) is 35.1 Å². The van der Waals surface area contributed by atoms with Gasteiger partial charge in [0.1, 0.15) is 11.5 Å². The van der Waals surface area contributed by atoms with E-state index >= 15 is 0 Å². The Kier molecular flexibility index (Phi) is 6.22. The van der Waals surface area contributed by atoms with Crippen molar-refractivity contribution in [2.24, 2.45) is 0 Å². The molecule has 0 aliphatic rings. The number of hydrogen-bond acceptors (Lipinski definition) is 7. The average molecular weight is 389 g/mol. The van der Waals surface area contributed by atoms with Gasteiger partial charge in [-0.25, -0.2) is 9.97 Å². The topological polar surface area (TPSA) is 109 Å². The van der Waals surface area contributed by atoms with Crippen LogP contribution < -0.4 is 20.1 Å². The molecule has 0 saturated heterocycles. The fraction of sp³-hybridized carbons (Fsp3) is 0.143. The molecule has 0 unspecified atom stereocenters. The van der Waals surface area contributed by atoms with Crippen LogP contribution in [0.4, 0.5) is 11.5 Å². The lowest BCUT2D eigenvalue weighted by Gasteiger charge is -2.10. The van der Waals surface area contributed by atoms with Crippen LogP contribution in [-0.4, -0.2) is 30.1 Å². The molecule has 0 radical (unpaired) electrons. The first-order valence-electron chi connectivity index (χ1n) is 8.71. The molecule has 29 heavy (non-hydrogen) atoms. The van der Waals surface area contributed by atoms with Gasteiger partial charge >= 0.3 is 0 Å². The van der Waals surface area contributed by atoms with E-state index in [4.69, 9.17) is 14.7 Å². The van der Waals surface area contributed by atoms with E-state index in [1.807, 2.05) is 24.3 Å². The number of carbonyl (C=O) groups is 1. The van der Waals surface area contributed by atoms with Crippen molar-refractivity contribution in [3.63, 3.8) is 0 Å². The van der Waals surface area contributed by atoms with Crippen molar-refractivity contribution in [3.8, 4) is 17.6 Å². The number of amides is 1. The molecule has 2 aromatic carbocycles. The number of nitriles is 1. The summed E-state index contributed by atoms with van der Waals surface area (Å²) in [5.74, 6) is 1.46. The summed E-state index contributed by atoms with van der Waals surface area (Å²) in [7, 11) is 3.17. The molecule has 0 aliphatic heterocycles. The molecule has 1 aromatic heterocycles. The van der Waals surface area contributed by atoms with E-state index in [2.05, 4.69) is 20.6 Å². The average Bonchev–Trinajstić information content (AvgIpc) is 2.78. The molecule has 1 amide bonds. The van der Waals surface area contributed by atoms with E-state index in [1.165, 1.54) is 12.4 Å². The third-order valence-electron chi connectivity index (χ3n) is 4.08. The first-order valence-corrected chi connectivity index (χ1v) is 8.71. The van der Waals surface area contributed by atoms with Crippen molar-refractivity contribution in [1.29, 1.82) is 5.26 Å². The number of ether oxygens (including phenoxy) is 2. The lowest BCUT2D eigenvalue weighted by Crippen LogP contribution is -2.14. The Bertz CT molecular complexity index is 1030. The van der Waals surface area contributed by atoms with Crippen LogP contribution in [-0.2, 0) is 6.54 Å². The molecule has 8 heteroatoms. The summed E-state index contributed by atoms with van der Waals surface area (Å²) in [6, 6.07) is 14.2. The van der Waals surface area contributed by atoms with Gasteiger partial charge in [-0.15, -0.1) is 0 Å². The number of rotatable bonds is 7. The number of aromatic nitrogens is 2. The second-order valence-corrected chi connectivity index (χ2v) is 5.97. The molecule has 0 spiro atoms. The standard InChI is InChI=1S/C21H19N5O3/c1-28-18-8-5-15(9-19(18)29-2)11-24-20-13-23-17(12-25-20)21(27)26-16-6-3-14(10-22)4-7-16/h3-9,12-13H,11H2,1-2H3,(H,24,25)(H,26,27). The molecule has 146 valence electrons. The van der Waals surface area contributed by atoms with E-state index in [1.54, 1.807) is 38.5 Å². The lowest BCUT2D eigenvalue weighted by atomic mass is 10.2. The predicted octanol–water partition coefficient (Wildman–Crippen LogP) is 3.23. The molecular weight excluding hydrogens is 370 g/mol. The molecule has 8 nitrogen and oxygen atoms in total. The Morgan fingerprint density at radius 2 is 1.79 bits per heavy atom. The van der Waals surface area contributed by atoms with Crippen molar-refractivity contribution in [2.45, 2.75) is 6.54 Å². The molecule has 0 aliphatic carbocycles. The first-order chi connectivity index (χ1) is 14.1. The van der Waals surface area contributed by atoms with Gasteiger partial charge in [-0.05, 0) is 42.0 Å². The smallest absolute Gasteiger partial charge is 0.275 e. The van der Waals surface area contributed by atoms with Gasteiger partial charge in [0.15, 0.2) is 11.5 Å². The molecule has 3 aromatic rings. The van der Waals surface area contributed by atoms with Gasteiger partial charge in [0, 0.05) is 12.2 Å². The number of anilines is 2. The number of carbonyl (C=O) groups excluding carboxylic acids is 1. The molecule has 0 fully saturated rings. The van der Waals surface area contributed by atoms with Crippen LogP contribution in [0.1, 0.15) is 21.6 Å². The van der Waals surface area contributed by atoms with Gasteiger partial charge in [-0.3, -0.25) is 4.79 Å². The van der Waals surface area contributed by atoms with Crippen molar-refractivity contribution in [1.82, 2.24) is 9.97 Å². The maximum Gasteiger partial charge on any atom is 0.275 e. The fourth-order valence-corrected chi connectivity index (χ4v) is 2.54. The summed E-state index contributed by atoms with van der Waals surface area (Å²) < 4.78 is 10.5. The molecule has 0 atom stereocenters. The zero-order valence-corrected chi connectivity index (χ0v) is 16.0. The summed E-state index contributed by atoms with van der Waals surface area (Å²) in [6.07, 6.45) is 2.89. The summed E-state index contributed by atoms with van der Waals surface area (Å²) in [4.78, 5) is 20.6.